The normalized spacial score (nSPS) is 19.8. The third kappa shape index (κ3) is 5.46. The highest BCUT2D eigenvalue weighted by atomic mass is 16.5. The Hall–Kier alpha value is -1.14. The molecule has 1 saturated heterocycles. The molecule has 0 aromatic carbocycles. The van der Waals surface area contributed by atoms with Crippen molar-refractivity contribution < 1.29 is 19.4 Å². The second kappa shape index (κ2) is 8.05. The number of nitrogens with one attached hydrogen (secondary N) is 1. The van der Waals surface area contributed by atoms with Gasteiger partial charge in [0.1, 0.15) is 0 Å². The lowest BCUT2D eigenvalue weighted by molar-refractivity contribution is -0.140. The predicted octanol–water partition coefficient (Wildman–Crippen LogP) is -0.0643. The maximum absolute atomic E-state index is 11.9. The van der Waals surface area contributed by atoms with E-state index in [-0.39, 0.29) is 18.2 Å². The van der Waals surface area contributed by atoms with E-state index in [1.165, 1.54) is 0 Å². The largest absolute Gasteiger partial charge is 0.481 e. The number of ether oxygens (including phenoxy) is 1. The van der Waals surface area contributed by atoms with Crippen LogP contribution in [0.2, 0.25) is 0 Å². The Labute approximate surface area is 107 Å². The first-order valence-electron chi connectivity index (χ1n) is 6.32. The van der Waals surface area contributed by atoms with Gasteiger partial charge in [-0.2, -0.15) is 0 Å². The van der Waals surface area contributed by atoms with E-state index in [0.29, 0.717) is 26.2 Å². The van der Waals surface area contributed by atoms with Crippen LogP contribution < -0.4 is 5.32 Å². The number of likely N-dealkylation sites (tertiary alicyclic amines) is 1. The van der Waals surface area contributed by atoms with Crippen LogP contribution in [-0.2, 0) is 14.3 Å². The highest BCUT2D eigenvalue weighted by Crippen LogP contribution is 2.19. The van der Waals surface area contributed by atoms with Gasteiger partial charge in [0.25, 0.3) is 0 Å². The zero-order valence-corrected chi connectivity index (χ0v) is 10.9. The van der Waals surface area contributed by atoms with Crippen molar-refractivity contribution in [3.05, 3.63) is 0 Å². The molecule has 2 N–H and O–H groups in total. The van der Waals surface area contributed by atoms with Gasteiger partial charge in [-0.1, -0.05) is 0 Å². The van der Waals surface area contributed by atoms with Gasteiger partial charge in [0.05, 0.1) is 13.2 Å². The molecule has 1 unspecified atom stereocenters. The van der Waals surface area contributed by atoms with Gasteiger partial charge < -0.3 is 20.1 Å². The Bertz CT molecular complexity index is 283. The fraction of sp³-hybridized carbons (Fsp3) is 0.833. The quantitative estimate of drug-likeness (QED) is 0.625. The second-order valence-electron chi connectivity index (χ2n) is 4.62. The molecule has 0 spiro atoms. The topological polar surface area (TPSA) is 78.9 Å². The van der Waals surface area contributed by atoms with E-state index < -0.39 is 5.97 Å². The molecule has 6 nitrogen and oxygen atoms in total. The van der Waals surface area contributed by atoms with Crippen molar-refractivity contribution in [3.8, 4) is 0 Å². The Balaban J connectivity index is 2.27. The highest BCUT2D eigenvalue weighted by molar-refractivity contribution is 5.78. The second-order valence-corrected chi connectivity index (χ2v) is 4.62. The molecule has 18 heavy (non-hydrogen) atoms. The maximum atomic E-state index is 11.9. The number of amides is 1. The van der Waals surface area contributed by atoms with Crippen LogP contribution in [0.5, 0.6) is 0 Å². The van der Waals surface area contributed by atoms with Gasteiger partial charge in [-0.05, 0) is 18.8 Å². The maximum Gasteiger partial charge on any atom is 0.303 e. The molecular weight excluding hydrogens is 236 g/mol. The van der Waals surface area contributed by atoms with Crippen molar-refractivity contribution in [1.82, 2.24) is 10.2 Å². The van der Waals surface area contributed by atoms with Crippen molar-refractivity contribution in [2.45, 2.75) is 19.3 Å². The molecule has 0 saturated carbocycles. The average Bonchev–Trinajstić information content (AvgIpc) is 2.34. The average molecular weight is 258 g/mol. The molecule has 1 aliphatic rings. The number of methoxy groups -OCH3 is 1. The lowest BCUT2D eigenvalue weighted by Gasteiger charge is -2.32. The minimum absolute atomic E-state index is 0.0428. The summed E-state index contributed by atoms with van der Waals surface area (Å²) in [5.41, 5.74) is 0. The number of piperidine rings is 1. The van der Waals surface area contributed by atoms with Gasteiger partial charge in [0.15, 0.2) is 0 Å². The van der Waals surface area contributed by atoms with Gasteiger partial charge in [-0.15, -0.1) is 0 Å². The molecule has 0 aromatic rings. The third-order valence-corrected chi connectivity index (χ3v) is 3.09. The molecule has 0 bridgehead atoms. The molecule has 104 valence electrons. The number of carbonyl (C=O) groups excluding carboxylic acids is 1. The first-order valence-corrected chi connectivity index (χ1v) is 6.32. The Kier molecular flexibility index (Phi) is 6.67. The van der Waals surface area contributed by atoms with Gasteiger partial charge in [-0.3, -0.25) is 9.59 Å². The summed E-state index contributed by atoms with van der Waals surface area (Å²) in [6.07, 6.45) is 1.94. The van der Waals surface area contributed by atoms with Crippen molar-refractivity contribution in [1.29, 1.82) is 0 Å². The highest BCUT2D eigenvalue weighted by Gasteiger charge is 2.24. The molecule has 1 fully saturated rings. The lowest BCUT2D eigenvalue weighted by Crippen LogP contribution is -2.44. The van der Waals surface area contributed by atoms with Crippen molar-refractivity contribution in [3.63, 3.8) is 0 Å². The molecule has 6 heteroatoms. The summed E-state index contributed by atoms with van der Waals surface area (Å²) < 4.78 is 4.88. The number of rotatable bonds is 7. The number of carbonyl (C=O) groups is 2. The Morgan fingerprint density at radius 3 is 2.94 bits per heavy atom. The predicted molar refractivity (Wildman–Crippen MR) is 66.3 cm³/mol. The van der Waals surface area contributed by atoms with Crippen LogP contribution in [-0.4, -0.2) is 61.8 Å². The number of nitrogens with zero attached hydrogens (tertiary/aromatic N) is 1. The molecule has 0 radical (unpaired) electrons. The van der Waals surface area contributed by atoms with E-state index in [0.717, 1.165) is 19.4 Å². The minimum atomic E-state index is -0.785. The lowest BCUT2D eigenvalue weighted by atomic mass is 9.95. The fourth-order valence-electron chi connectivity index (χ4n) is 2.19. The van der Waals surface area contributed by atoms with Crippen molar-refractivity contribution in [2.75, 3.05) is 39.9 Å². The minimum Gasteiger partial charge on any atom is -0.481 e. The van der Waals surface area contributed by atoms with Crippen LogP contribution in [0.4, 0.5) is 0 Å². The number of aliphatic carboxylic acids is 1. The summed E-state index contributed by atoms with van der Waals surface area (Å²) in [7, 11) is 1.62. The molecule has 0 aliphatic carbocycles. The van der Waals surface area contributed by atoms with Gasteiger partial charge in [0.2, 0.25) is 5.91 Å². The van der Waals surface area contributed by atoms with E-state index in [1.54, 1.807) is 12.0 Å². The summed E-state index contributed by atoms with van der Waals surface area (Å²) in [4.78, 5) is 24.3. The molecule has 1 atom stereocenters. The number of hydrogen-bond acceptors (Lipinski definition) is 4. The zero-order valence-electron chi connectivity index (χ0n) is 10.9. The molecule has 1 amide bonds. The summed E-state index contributed by atoms with van der Waals surface area (Å²) in [6.45, 7) is 2.82. The number of carboxylic acids is 1. The van der Waals surface area contributed by atoms with Crippen molar-refractivity contribution in [2.24, 2.45) is 5.92 Å². The monoisotopic (exact) mass is 258 g/mol. The first-order chi connectivity index (χ1) is 8.63. The molecule has 1 aliphatic heterocycles. The van der Waals surface area contributed by atoms with Crippen LogP contribution in [0.1, 0.15) is 19.3 Å². The van der Waals surface area contributed by atoms with Gasteiger partial charge in [-0.25, -0.2) is 0 Å². The van der Waals surface area contributed by atoms with E-state index >= 15 is 0 Å². The van der Waals surface area contributed by atoms with Crippen LogP contribution in [0.15, 0.2) is 0 Å². The van der Waals surface area contributed by atoms with Gasteiger partial charge in [0, 0.05) is 33.2 Å². The zero-order chi connectivity index (χ0) is 13.4. The summed E-state index contributed by atoms with van der Waals surface area (Å²) >= 11 is 0. The number of carboxylic acid groups (broad SMARTS) is 1. The Morgan fingerprint density at radius 1 is 1.50 bits per heavy atom. The first kappa shape index (κ1) is 14.9. The van der Waals surface area contributed by atoms with Crippen LogP contribution in [0.3, 0.4) is 0 Å². The fourth-order valence-corrected chi connectivity index (χ4v) is 2.19. The third-order valence-electron chi connectivity index (χ3n) is 3.09. The molecule has 1 rings (SSSR count). The van der Waals surface area contributed by atoms with E-state index in [4.69, 9.17) is 9.84 Å². The summed E-state index contributed by atoms with van der Waals surface area (Å²) in [5, 5.41) is 11.8. The van der Waals surface area contributed by atoms with E-state index in [2.05, 4.69) is 5.32 Å². The SMILES string of the molecule is COCCNCC(=O)N1CCCC(CC(=O)O)C1. The van der Waals surface area contributed by atoms with Gasteiger partial charge >= 0.3 is 5.97 Å². The van der Waals surface area contributed by atoms with E-state index in [1.807, 2.05) is 0 Å². The standard InChI is InChI=1S/C12H22N2O4/c1-18-6-4-13-8-11(15)14-5-2-3-10(9-14)7-12(16)17/h10,13H,2-9H2,1H3,(H,16,17). The smallest absolute Gasteiger partial charge is 0.303 e. The molecule has 0 aromatic heterocycles. The van der Waals surface area contributed by atoms with Crippen LogP contribution in [0, 0.1) is 5.92 Å². The van der Waals surface area contributed by atoms with Crippen molar-refractivity contribution >= 4 is 11.9 Å². The van der Waals surface area contributed by atoms with E-state index in [9.17, 15) is 9.59 Å². The molecule has 1 heterocycles. The summed E-state index contributed by atoms with van der Waals surface area (Å²) in [5.74, 6) is -0.645. The van der Waals surface area contributed by atoms with Crippen LogP contribution in [0.25, 0.3) is 0 Å². The Morgan fingerprint density at radius 2 is 2.28 bits per heavy atom. The molecular formula is C12H22N2O4. The number of hydrogen-bond donors (Lipinski definition) is 2. The summed E-state index contributed by atoms with van der Waals surface area (Å²) in [6, 6.07) is 0. The van der Waals surface area contributed by atoms with Crippen LogP contribution >= 0.6 is 0 Å².